The Kier molecular flexibility index (Phi) is 5.10. The summed E-state index contributed by atoms with van der Waals surface area (Å²) in [6.45, 7) is 6.69. The maximum Gasteiger partial charge on any atom is 0.139 e. The Bertz CT molecular complexity index is 1480. The number of anilines is 1. The molecule has 2 fully saturated rings. The zero-order valence-electron chi connectivity index (χ0n) is 21.0. The Balaban J connectivity index is 1.40. The van der Waals surface area contributed by atoms with Gasteiger partial charge < -0.3 is 15.6 Å². The van der Waals surface area contributed by atoms with E-state index < -0.39 is 0 Å². The molecule has 7 nitrogen and oxygen atoms in total. The summed E-state index contributed by atoms with van der Waals surface area (Å²) in [5.41, 5.74) is 4.68. The van der Waals surface area contributed by atoms with Crippen LogP contribution in [0.3, 0.4) is 0 Å². The molecule has 1 aliphatic carbocycles. The van der Waals surface area contributed by atoms with Crippen LogP contribution in [0.4, 0.5) is 11.6 Å². The Morgan fingerprint density at radius 1 is 1.06 bits per heavy atom. The number of aliphatic imine (C=N–C) groups is 1. The summed E-state index contributed by atoms with van der Waals surface area (Å²) in [6.07, 6.45) is 11.6. The maximum absolute atomic E-state index is 5.32. The van der Waals surface area contributed by atoms with Crippen LogP contribution in [0.25, 0.3) is 21.8 Å². The SMILES string of the molecule is CC1(C)CNCCC1Nc1nc(C2CC=Nc3[nH]c4ccccc4c32)nc2cncc(C3CCC3)c12. The highest BCUT2D eigenvalue weighted by atomic mass is 15.1. The molecule has 0 amide bonds. The minimum absolute atomic E-state index is 0.0481. The molecular weight excluding hydrogens is 446 g/mol. The smallest absolute Gasteiger partial charge is 0.139 e. The number of aromatic amines is 1. The van der Waals surface area contributed by atoms with E-state index in [2.05, 4.69) is 69.9 Å². The van der Waals surface area contributed by atoms with E-state index in [4.69, 9.17) is 9.97 Å². The molecule has 4 aromatic rings. The number of rotatable bonds is 4. The second-order valence-corrected chi connectivity index (χ2v) is 11.4. The second kappa shape index (κ2) is 8.37. The van der Waals surface area contributed by atoms with Gasteiger partial charge in [-0.3, -0.25) is 4.98 Å². The number of hydrogen-bond acceptors (Lipinski definition) is 6. The molecule has 2 unspecified atom stereocenters. The highest BCUT2D eigenvalue weighted by Gasteiger charge is 2.34. The Morgan fingerprint density at radius 3 is 2.78 bits per heavy atom. The van der Waals surface area contributed by atoms with E-state index in [9.17, 15) is 0 Å². The van der Waals surface area contributed by atoms with Gasteiger partial charge in [-0.05, 0) is 55.2 Å². The summed E-state index contributed by atoms with van der Waals surface area (Å²) in [7, 11) is 0. The molecule has 1 saturated heterocycles. The van der Waals surface area contributed by atoms with Gasteiger partial charge in [-0.15, -0.1) is 0 Å². The summed E-state index contributed by atoms with van der Waals surface area (Å²) in [5, 5.41) is 9.86. The zero-order valence-corrected chi connectivity index (χ0v) is 21.0. The third-order valence-electron chi connectivity index (χ3n) is 8.59. The molecule has 7 heteroatoms. The van der Waals surface area contributed by atoms with E-state index in [1.807, 2.05) is 12.4 Å². The fraction of sp³-hybridized carbons (Fsp3) is 0.448. The number of nitrogens with one attached hydrogen (secondary N) is 3. The van der Waals surface area contributed by atoms with Crippen molar-refractivity contribution in [2.45, 2.75) is 63.8 Å². The van der Waals surface area contributed by atoms with E-state index in [0.717, 1.165) is 59.8 Å². The minimum Gasteiger partial charge on any atom is -0.366 e. The normalized spacial score (nSPS) is 23.5. The standard InChI is InChI=1S/C29H33N7/c1-29(2)16-30-12-11-23(29)35-28-25-20(17-6-5-7-17)14-31-15-22(25)34-26(36-28)19-10-13-32-27-24(19)18-8-3-4-9-21(18)33-27/h3-4,8-9,13-15,17,19,23,30,33H,5-7,10-12,16H2,1-2H3,(H,34,35,36). The summed E-state index contributed by atoms with van der Waals surface area (Å²) in [4.78, 5) is 23.3. The van der Waals surface area contributed by atoms with Gasteiger partial charge in [-0.1, -0.05) is 38.5 Å². The summed E-state index contributed by atoms with van der Waals surface area (Å²) >= 11 is 0. The van der Waals surface area contributed by atoms with Gasteiger partial charge in [0.1, 0.15) is 17.5 Å². The first kappa shape index (κ1) is 21.9. The van der Waals surface area contributed by atoms with Gasteiger partial charge in [-0.2, -0.15) is 0 Å². The topological polar surface area (TPSA) is 90.9 Å². The predicted molar refractivity (Wildman–Crippen MR) is 146 cm³/mol. The summed E-state index contributed by atoms with van der Waals surface area (Å²) < 4.78 is 0. The molecule has 3 aromatic heterocycles. The molecule has 3 N–H and O–H groups in total. The maximum atomic E-state index is 5.32. The van der Waals surface area contributed by atoms with Gasteiger partial charge >= 0.3 is 0 Å². The Morgan fingerprint density at radius 2 is 1.94 bits per heavy atom. The summed E-state index contributed by atoms with van der Waals surface area (Å²) in [5.74, 6) is 3.35. The van der Waals surface area contributed by atoms with Crippen LogP contribution in [0.2, 0.25) is 0 Å². The van der Waals surface area contributed by atoms with Crippen molar-refractivity contribution < 1.29 is 0 Å². The van der Waals surface area contributed by atoms with Crippen molar-refractivity contribution in [2.75, 3.05) is 18.4 Å². The van der Waals surface area contributed by atoms with Crippen LogP contribution in [0.15, 0.2) is 41.7 Å². The molecule has 1 saturated carbocycles. The number of aromatic nitrogens is 4. The van der Waals surface area contributed by atoms with E-state index in [1.54, 1.807) is 0 Å². The molecule has 3 aliphatic rings. The van der Waals surface area contributed by atoms with Crippen LogP contribution in [-0.4, -0.2) is 45.3 Å². The van der Waals surface area contributed by atoms with Crippen LogP contribution in [-0.2, 0) is 0 Å². The van der Waals surface area contributed by atoms with Gasteiger partial charge in [-0.25, -0.2) is 15.0 Å². The Labute approximate surface area is 211 Å². The number of para-hydroxylation sites is 1. The fourth-order valence-corrected chi connectivity index (χ4v) is 6.23. The zero-order chi connectivity index (χ0) is 24.3. The predicted octanol–water partition coefficient (Wildman–Crippen LogP) is 5.81. The highest BCUT2D eigenvalue weighted by Crippen LogP contribution is 2.44. The lowest BCUT2D eigenvalue weighted by atomic mass is 9.78. The Hall–Kier alpha value is -3.32. The van der Waals surface area contributed by atoms with Crippen molar-refractivity contribution in [3.05, 3.63) is 53.6 Å². The number of fused-ring (bicyclic) bond motifs is 4. The average Bonchev–Trinajstić information content (AvgIpc) is 3.23. The quantitative estimate of drug-likeness (QED) is 0.344. The first-order valence-electron chi connectivity index (χ1n) is 13.3. The lowest BCUT2D eigenvalue weighted by Gasteiger charge is -2.40. The molecule has 2 aliphatic heterocycles. The molecule has 0 spiro atoms. The molecule has 5 heterocycles. The first-order valence-corrected chi connectivity index (χ1v) is 13.3. The molecule has 1 aromatic carbocycles. The fourth-order valence-electron chi connectivity index (χ4n) is 6.23. The van der Waals surface area contributed by atoms with Gasteiger partial charge in [0.15, 0.2) is 0 Å². The largest absolute Gasteiger partial charge is 0.366 e. The lowest BCUT2D eigenvalue weighted by Crippen LogP contribution is -2.49. The van der Waals surface area contributed by atoms with E-state index in [1.165, 1.54) is 35.8 Å². The van der Waals surface area contributed by atoms with Gasteiger partial charge in [0.25, 0.3) is 0 Å². The molecule has 0 radical (unpaired) electrons. The number of pyridine rings is 1. The van der Waals surface area contributed by atoms with Gasteiger partial charge in [0.05, 0.1) is 17.6 Å². The monoisotopic (exact) mass is 479 g/mol. The molecule has 7 rings (SSSR count). The summed E-state index contributed by atoms with van der Waals surface area (Å²) in [6, 6.07) is 8.78. The van der Waals surface area contributed by atoms with Crippen molar-refractivity contribution in [3.8, 4) is 0 Å². The molecule has 36 heavy (non-hydrogen) atoms. The number of piperidine rings is 1. The van der Waals surface area contributed by atoms with Crippen molar-refractivity contribution in [1.29, 1.82) is 0 Å². The van der Waals surface area contributed by atoms with Crippen molar-refractivity contribution in [3.63, 3.8) is 0 Å². The van der Waals surface area contributed by atoms with Crippen LogP contribution in [0.1, 0.15) is 74.7 Å². The highest BCUT2D eigenvalue weighted by molar-refractivity contribution is 5.94. The van der Waals surface area contributed by atoms with Crippen molar-refractivity contribution in [1.82, 2.24) is 25.3 Å². The van der Waals surface area contributed by atoms with Gasteiger partial charge in [0.2, 0.25) is 0 Å². The molecular formula is C29H33N7. The second-order valence-electron chi connectivity index (χ2n) is 11.4. The average molecular weight is 480 g/mol. The third-order valence-corrected chi connectivity index (χ3v) is 8.59. The van der Waals surface area contributed by atoms with Crippen LogP contribution in [0, 0.1) is 5.41 Å². The first-order chi connectivity index (χ1) is 17.6. The molecule has 184 valence electrons. The number of nitrogens with zero attached hydrogens (tertiary/aromatic N) is 4. The van der Waals surface area contributed by atoms with E-state index in [-0.39, 0.29) is 11.3 Å². The minimum atomic E-state index is 0.0481. The van der Waals surface area contributed by atoms with E-state index in [0.29, 0.717) is 12.0 Å². The van der Waals surface area contributed by atoms with Crippen LogP contribution in [0.5, 0.6) is 0 Å². The van der Waals surface area contributed by atoms with Crippen molar-refractivity contribution in [2.24, 2.45) is 10.4 Å². The van der Waals surface area contributed by atoms with Crippen LogP contribution < -0.4 is 10.6 Å². The van der Waals surface area contributed by atoms with E-state index >= 15 is 0 Å². The molecule has 0 bridgehead atoms. The number of hydrogen-bond donors (Lipinski definition) is 3. The van der Waals surface area contributed by atoms with Gasteiger partial charge in [0, 0.05) is 46.9 Å². The molecule has 2 atom stereocenters. The van der Waals surface area contributed by atoms with Crippen molar-refractivity contribution >= 4 is 39.7 Å². The third kappa shape index (κ3) is 3.52. The number of benzene rings is 1. The lowest BCUT2D eigenvalue weighted by molar-refractivity contribution is 0.236. The van der Waals surface area contributed by atoms with Crippen LogP contribution >= 0.6 is 0 Å². The number of H-pyrrole nitrogens is 1.